The predicted octanol–water partition coefficient (Wildman–Crippen LogP) is -0.236. The van der Waals surface area contributed by atoms with Crippen LogP contribution in [0.5, 0.6) is 5.75 Å². The molecule has 2 heterocycles. The van der Waals surface area contributed by atoms with Crippen LogP contribution in [0.3, 0.4) is 0 Å². The number of hydrogen-bond donors (Lipinski definition) is 0. The van der Waals surface area contributed by atoms with Crippen LogP contribution in [-0.2, 0) is 16.1 Å². The Morgan fingerprint density at radius 3 is 2.84 bits per heavy atom. The number of carbonyl (C=O) groups excluding carboxylic acids is 1. The normalized spacial score (nSPS) is 15.4. The lowest BCUT2D eigenvalue weighted by Crippen LogP contribution is -2.43. The summed E-state index contributed by atoms with van der Waals surface area (Å²) in [4.78, 5) is 29.4. The van der Waals surface area contributed by atoms with Gasteiger partial charge in [-0.2, -0.15) is 0 Å². The number of aromatic nitrogens is 2. The highest BCUT2D eigenvalue weighted by atomic mass is 35.5. The standard InChI is InChI=1S/C11H14ClN3O4/c1-18-9-10(12)13-7-15(11(9)17)6-8(16)14-2-4-19-5-3-14/h7H,2-6H2,1H3. The number of morpholine rings is 1. The Morgan fingerprint density at radius 2 is 2.21 bits per heavy atom. The van der Waals surface area contributed by atoms with Crippen molar-refractivity contribution in [1.82, 2.24) is 14.5 Å². The van der Waals surface area contributed by atoms with Crippen molar-refractivity contribution in [2.24, 2.45) is 0 Å². The SMILES string of the molecule is COc1c(Cl)ncn(CC(=O)N2CCOCC2)c1=O. The second-order valence-electron chi connectivity index (χ2n) is 3.99. The molecular formula is C11H14ClN3O4. The Balaban J connectivity index is 2.15. The molecule has 0 aromatic carbocycles. The maximum absolute atomic E-state index is 12.0. The first-order chi connectivity index (χ1) is 9.13. The summed E-state index contributed by atoms with van der Waals surface area (Å²) in [6, 6.07) is 0. The minimum absolute atomic E-state index is 0.0115. The monoisotopic (exact) mass is 287 g/mol. The third kappa shape index (κ3) is 3.05. The number of rotatable bonds is 3. The molecule has 0 saturated carbocycles. The van der Waals surface area contributed by atoms with Gasteiger partial charge in [-0.25, -0.2) is 4.98 Å². The minimum atomic E-state index is -0.468. The molecule has 1 aromatic heterocycles. The van der Waals surface area contributed by atoms with Gasteiger partial charge in [0.25, 0.3) is 5.56 Å². The second-order valence-corrected chi connectivity index (χ2v) is 4.35. The van der Waals surface area contributed by atoms with Crippen molar-refractivity contribution in [3.63, 3.8) is 0 Å². The molecule has 1 aliphatic heterocycles. The molecule has 8 heteroatoms. The fourth-order valence-corrected chi connectivity index (χ4v) is 1.99. The van der Waals surface area contributed by atoms with Crippen molar-refractivity contribution in [2.75, 3.05) is 33.4 Å². The van der Waals surface area contributed by atoms with E-state index in [0.717, 1.165) is 0 Å². The van der Waals surface area contributed by atoms with Crippen LogP contribution in [0.15, 0.2) is 11.1 Å². The van der Waals surface area contributed by atoms with Gasteiger partial charge in [0.05, 0.1) is 26.7 Å². The first kappa shape index (κ1) is 13.8. The number of amides is 1. The molecule has 1 aromatic rings. The zero-order valence-corrected chi connectivity index (χ0v) is 11.2. The Kier molecular flexibility index (Phi) is 4.39. The molecule has 104 valence electrons. The summed E-state index contributed by atoms with van der Waals surface area (Å²) in [5, 5.41) is -0.0115. The molecule has 1 fully saturated rings. The van der Waals surface area contributed by atoms with Crippen molar-refractivity contribution in [2.45, 2.75) is 6.54 Å². The maximum Gasteiger partial charge on any atom is 0.297 e. The Morgan fingerprint density at radius 1 is 1.53 bits per heavy atom. The zero-order valence-electron chi connectivity index (χ0n) is 10.5. The van der Waals surface area contributed by atoms with E-state index in [0.29, 0.717) is 26.3 Å². The maximum atomic E-state index is 12.0. The smallest absolute Gasteiger partial charge is 0.297 e. The molecule has 0 atom stereocenters. The van der Waals surface area contributed by atoms with Crippen LogP contribution in [-0.4, -0.2) is 53.8 Å². The molecule has 0 aliphatic carbocycles. The second kappa shape index (κ2) is 6.03. The summed E-state index contributed by atoms with van der Waals surface area (Å²) in [7, 11) is 1.33. The van der Waals surface area contributed by atoms with Crippen LogP contribution in [0, 0.1) is 0 Å². The van der Waals surface area contributed by atoms with Crippen molar-refractivity contribution in [3.05, 3.63) is 21.8 Å². The third-order valence-electron chi connectivity index (χ3n) is 2.83. The van der Waals surface area contributed by atoms with E-state index in [9.17, 15) is 9.59 Å². The number of hydrogen-bond acceptors (Lipinski definition) is 5. The van der Waals surface area contributed by atoms with Gasteiger partial charge in [0.1, 0.15) is 6.54 Å². The van der Waals surface area contributed by atoms with Crippen LogP contribution in [0.4, 0.5) is 0 Å². The first-order valence-corrected chi connectivity index (χ1v) is 6.15. The van der Waals surface area contributed by atoms with E-state index >= 15 is 0 Å². The highest BCUT2D eigenvalue weighted by molar-refractivity contribution is 6.30. The van der Waals surface area contributed by atoms with E-state index in [1.165, 1.54) is 18.0 Å². The molecular weight excluding hydrogens is 274 g/mol. The Bertz CT molecular complexity index is 525. The van der Waals surface area contributed by atoms with Gasteiger partial charge >= 0.3 is 0 Å². The number of nitrogens with zero attached hydrogens (tertiary/aromatic N) is 3. The van der Waals surface area contributed by atoms with E-state index < -0.39 is 5.56 Å². The first-order valence-electron chi connectivity index (χ1n) is 5.78. The molecule has 2 rings (SSSR count). The van der Waals surface area contributed by atoms with Crippen molar-refractivity contribution in [1.29, 1.82) is 0 Å². The van der Waals surface area contributed by atoms with E-state index in [1.807, 2.05) is 0 Å². The van der Waals surface area contributed by atoms with E-state index in [4.69, 9.17) is 21.1 Å². The topological polar surface area (TPSA) is 73.7 Å². The van der Waals surface area contributed by atoms with Crippen molar-refractivity contribution in [3.8, 4) is 5.75 Å². The van der Waals surface area contributed by atoms with Gasteiger partial charge < -0.3 is 14.4 Å². The van der Waals surface area contributed by atoms with Gasteiger partial charge in [-0.1, -0.05) is 11.6 Å². The summed E-state index contributed by atoms with van der Waals surface area (Å²) in [5.41, 5.74) is -0.468. The lowest BCUT2D eigenvalue weighted by atomic mass is 10.4. The highest BCUT2D eigenvalue weighted by Gasteiger charge is 2.19. The van der Waals surface area contributed by atoms with Gasteiger partial charge in [0, 0.05) is 13.1 Å². The predicted molar refractivity (Wildman–Crippen MR) is 67.5 cm³/mol. The Labute approximate surface area is 114 Å². The number of halogens is 1. The molecule has 0 bridgehead atoms. The number of carbonyl (C=O) groups is 1. The summed E-state index contributed by atoms with van der Waals surface area (Å²) >= 11 is 5.73. The van der Waals surface area contributed by atoms with E-state index in [1.54, 1.807) is 4.90 Å². The molecule has 7 nitrogen and oxygen atoms in total. The summed E-state index contributed by atoms with van der Waals surface area (Å²) in [6.07, 6.45) is 1.24. The van der Waals surface area contributed by atoms with E-state index in [-0.39, 0.29) is 23.4 Å². The minimum Gasteiger partial charge on any atom is -0.489 e. The fourth-order valence-electron chi connectivity index (χ4n) is 1.79. The average Bonchev–Trinajstić information content (AvgIpc) is 2.43. The van der Waals surface area contributed by atoms with Crippen LogP contribution in [0.1, 0.15) is 0 Å². The summed E-state index contributed by atoms with van der Waals surface area (Å²) < 4.78 is 11.2. The van der Waals surface area contributed by atoms with Crippen LogP contribution in [0.2, 0.25) is 5.15 Å². The molecule has 0 radical (unpaired) electrons. The number of methoxy groups -OCH3 is 1. The van der Waals surface area contributed by atoms with Crippen molar-refractivity contribution < 1.29 is 14.3 Å². The Hall–Kier alpha value is -1.60. The van der Waals surface area contributed by atoms with Gasteiger partial charge in [-0.3, -0.25) is 14.2 Å². The molecule has 1 saturated heterocycles. The zero-order chi connectivity index (χ0) is 13.8. The fraction of sp³-hybridized carbons (Fsp3) is 0.545. The van der Waals surface area contributed by atoms with Crippen LogP contribution in [0.25, 0.3) is 0 Å². The molecule has 19 heavy (non-hydrogen) atoms. The van der Waals surface area contributed by atoms with E-state index in [2.05, 4.69) is 4.98 Å². The van der Waals surface area contributed by atoms with Gasteiger partial charge in [-0.15, -0.1) is 0 Å². The number of ether oxygens (including phenoxy) is 2. The van der Waals surface area contributed by atoms with Crippen LogP contribution < -0.4 is 10.3 Å². The molecule has 0 N–H and O–H groups in total. The lowest BCUT2D eigenvalue weighted by molar-refractivity contribution is -0.135. The average molecular weight is 288 g/mol. The third-order valence-corrected chi connectivity index (χ3v) is 3.10. The quantitative estimate of drug-likeness (QED) is 0.718. The highest BCUT2D eigenvalue weighted by Crippen LogP contribution is 2.14. The van der Waals surface area contributed by atoms with Crippen LogP contribution >= 0.6 is 11.6 Å². The molecule has 0 spiro atoms. The summed E-state index contributed by atoms with van der Waals surface area (Å²) in [6.45, 7) is 2.02. The van der Waals surface area contributed by atoms with Gasteiger partial charge in [0.15, 0.2) is 5.15 Å². The largest absolute Gasteiger partial charge is 0.489 e. The molecule has 1 amide bonds. The molecule has 0 unspecified atom stereocenters. The van der Waals surface area contributed by atoms with Gasteiger partial charge in [0.2, 0.25) is 11.7 Å². The molecule has 1 aliphatic rings. The summed E-state index contributed by atoms with van der Waals surface area (Å²) in [5.74, 6) is -0.212. The van der Waals surface area contributed by atoms with Crippen molar-refractivity contribution >= 4 is 17.5 Å². The lowest BCUT2D eigenvalue weighted by Gasteiger charge is -2.27. The van der Waals surface area contributed by atoms with Gasteiger partial charge in [-0.05, 0) is 0 Å².